The quantitative estimate of drug-likeness (QED) is 0.0628. The van der Waals surface area contributed by atoms with Crippen LogP contribution in [-0.4, -0.2) is 80.7 Å². The van der Waals surface area contributed by atoms with Crippen LogP contribution in [-0.2, 0) is 16.6 Å². The van der Waals surface area contributed by atoms with Gasteiger partial charge in [0.2, 0.25) is 0 Å². The molecule has 0 unspecified atom stereocenters. The third kappa shape index (κ3) is 9.83. The molecule has 0 saturated carbocycles. The predicted octanol–water partition coefficient (Wildman–Crippen LogP) is 9.91. The minimum atomic E-state index is -6.74. The third-order valence-corrected chi connectivity index (χ3v) is 10.4. The summed E-state index contributed by atoms with van der Waals surface area (Å²) in [4.78, 5) is 64.1. The highest BCUT2D eigenvalue weighted by Crippen LogP contribution is 2.55. The fourth-order valence-corrected chi connectivity index (χ4v) is 7.07. The van der Waals surface area contributed by atoms with Crippen LogP contribution in [0, 0.1) is 13.8 Å². The standard InChI is InChI=1S/C44H38F12N2O9/c1-18(2)57-34(60)23-10-8-21(14-27(23)36(62)63)33(59)22-9-11-24(28(15-22)37(64)65)35(61)58-32-13-20(4)26(17-31(32)40(67,43(51,52)53)44(54,55)56)25-16-30(29(12-19(25)3)38(5,6)7)39(66,41(45,46)47)42(48,49)50/h8-18,66-67H,1-7H3,(H,57,60)(H,58,61)(H,62,63)(H,64,65). The molecule has 23 heteroatoms. The number of carbonyl (C=O) groups excluding carboxylic acids is 3. The van der Waals surface area contributed by atoms with Gasteiger partial charge in [0.25, 0.3) is 23.0 Å². The number of carboxylic acid groups (broad SMARTS) is 2. The van der Waals surface area contributed by atoms with Crippen LogP contribution in [0.15, 0.2) is 60.7 Å². The Morgan fingerprint density at radius 3 is 1.25 bits per heavy atom. The molecule has 0 fully saturated rings. The van der Waals surface area contributed by atoms with Gasteiger partial charge in [0.1, 0.15) is 0 Å². The maximum Gasteiger partial charge on any atom is 0.430 e. The summed E-state index contributed by atoms with van der Waals surface area (Å²) in [6.07, 6.45) is -26.5. The van der Waals surface area contributed by atoms with E-state index in [1.165, 1.54) is 0 Å². The summed E-state index contributed by atoms with van der Waals surface area (Å²) >= 11 is 0. The molecule has 4 aromatic rings. The van der Waals surface area contributed by atoms with Crippen molar-refractivity contribution in [1.82, 2.24) is 5.32 Å². The number of aliphatic hydroxyl groups is 2. The van der Waals surface area contributed by atoms with Gasteiger partial charge in [0.05, 0.1) is 22.3 Å². The Morgan fingerprint density at radius 1 is 0.507 bits per heavy atom. The average Bonchev–Trinajstić information content (AvgIpc) is 3.17. The summed E-state index contributed by atoms with van der Waals surface area (Å²) in [5.74, 6) is -7.38. The van der Waals surface area contributed by atoms with Crippen molar-refractivity contribution < 1.29 is 97.1 Å². The molecule has 67 heavy (non-hydrogen) atoms. The summed E-state index contributed by atoms with van der Waals surface area (Å²) in [5.41, 5.74) is -26.7. The molecule has 0 heterocycles. The largest absolute Gasteiger partial charge is 0.478 e. The number of aromatic carboxylic acids is 2. The van der Waals surface area contributed by atoms with E-state index >= 15 is 0 Å². The lowest BCUT2D eigenvalue weighted by atomic mass is 9.75. The molecule has 6 N–H and O–H groups in total. The monoisotopic (exact) mass is 966 g/mol. The fourth-order valence-electron chi connectivity index (χ4n) is 7.07. The Bertz CT molecular complexity index is 2650. The second kappa shape index (κ2) is 17.6. The van der Waals surface area contributed by atoms with Crippen LogP contribution in [0.5, 0.6) is 0 Å². The molecule has 0 radical (unpaired) electrons. The lowest BCUT2D eigenvalue weighted by Crippen LogP contribution is -2.55. The Morgan fingerprint density at radius 2 is 0.881 bits per heavy atom. The molecule has 2 amide bonds. The van der Waals surface area contributed by atoms with Crippen molar-refractivity contribution in [3.63, 3.8) is 0 Å². The van der Waals surface area contributed by atoms with Crippen LogP contribution in [0.3, 0.4) is 0 Å². The molecule has 0 aliphatic heterocycles. The van der Waals surface area contributed by atoms with E-state index in [9.17, 15) is 97.1 Å². The number of halogens is 12. The summed E-state index contributed by atoms with van der Waals surface area (Å²) in [5, 5.41) is 45.0. The number of nitrogens with one attached hydrogen (secondary N) is 2. The summed E-state index contributed by atoms with van der Waals surface area (Å²) in [6, 6.07) is 5.27. The number of benzene rings is 4. The van der Waals surface area contributed by atoms with E-state index in [0.29, 0.717) is 24.3 Å². The van der Waals surface area contributed by atoms with Crippen LogP contribution >= 0.6 is 0 Å². The molecule has 4 rings (SSSR count). The zero-order valence-electron chi connectivity index (χ0n) is 35.7. The highest BCUT2D eigenvalue weighted by atomic mass is 19.4. The first-order valence-electron chi connectivity index (χ1n) is 19.2. The zero-order chi connectivity index (χ0) is 51.5. The SMILES string of the molecule is Cc1cc(NC(=O)c2ccc(C(=O)c3ccc(C(=O)NC(C)C)c(C(=O)O)c3)cc2C(=O)O)c(C(O)(C(F)(F)F)C(F)(F)F)cc1-c1cc(C(O)(C(F)(F)F)C(F)(F)F)c(C(C)(C)C)cc1C. The number of alkyl halides is 12. The van der Waals surface area contributed by atoms with Gasteiger partial charge in [-0.05, 0) is 103 Å². The molecule has 4 aromatic carbocycles. The molecule has 11 nitrogen and oxygen atoms in total. The van der Waals surface area contributed by atoms with Crippen molar-refractivity contribution >= 4 is 35.2 Å². The van der Waals surface area contributed by atoms with E-state index in [2.05, 4.69) is 5.32 Å². The van der Waals surface area contributed by atoms with Gasteiger partial charge in [0.15, 0.2) is 5.78 Å². The first kappa shape index (κ1) is 53.1. The van der Waals surface area contributed by atoms with E-state index in [1.54, 1.807) is 19.2 Å². The number of anilines is 1. The van der Waals surface area contributed by atoms with Crippen molar-refractivity contribution in [2.24, 2.45) is 0 Å². The second-order valence-electron chi connectivity index (χ2n) is 16.6. The van der Waals surface area contributed by atoms with Gasteiger partial charge in [-0.3, -0.25) is 14.4 Å². The van der Waals surface area contributed by atoms with Gasteiger partial charge >= 0.3 is 36.6 Å². The molecular weight excluding hydrogens is 928 g/mol. The van der Waals surface area contributed by atoms with Crippen LogP contribution < -0.4 is 10.6 Å². The first-order valence-corrected chi connectivity index (χ1v) is 19.2. The number of amides is 2. The maximum absolute atomic E-state index is 14.6. The van der Waals surface area contributed by atoms with Crippen molar-refractivity contribution in [2.45, 2.75) is 95.8 Å². The van der Waals surface area contributed by atoms with Crippen molar-refractivity contribution in [1.29, 1.82) is 0 Å². The summed E-state index contributed by atoms with van der Waals surface area (Å²) < 4.78 is 173. The highest BCUT2D eigenvalue weighted by Gasteiger charge is 2.73. The smallest absolute Gasteiger partial charge is 0.430 e. The number of ketones is 1. The van der Waals surface area contributed by atoms with Crippen LogP contribution in [0.4, 0.5) is 58.4 Å². The Labute approximate surface area is 371 Å². The Balaban J connectivity index is 1.99. The average molecular weight is 967 g/mol. The Hall–Kier alpha value is -6.49. The molecule has 0 bridgehead atoms. The number of rotatable bonds is 11. The number of hydrogen-bond donors (Lipinski definition) is 6. The normalized spacial score (nSPS) is 13.1. The number of carbonyl (C=O) groups is 5. The van der Waals surface area contributed by atoms with Gasteiger partial charge in [-0.25, -0.2) is 9.59 Å². The lowest BCUT2D eigenvalue weighted by molar-refractivity contribution is -0.376. The fraction of sp³-hybridized carbons (Fsp3) is 0.341. The van der Waals surface area contributed by atoms with Crippen molar-refractivity contribution in [2.75, 3.05) is 5.32 Å². The molecule has 0 aliphatic carbocycles. The van der Waals surface area contributed by atoms with Crippen molar-refractivity contribution in [3.8, 4) is 11.1 Å². The van der Waals surface area contributed by atoms with E-state index in [1.807, 2.05) is 0 Å². The molecule has 0 spiro atoms. The lowest BCUT2D eigenvalue weighted by Gasteiger charge is -2.37. The zero-order valence-corrected chi connectivity index (χ0v) is 35.7. The van der Waals surface area contributed by atoms with E-state index in [0.717, 1.165) is 58.9 Å². The molecule has 0 aromatic heterocycles. The van der Waals surface area contributed by atoms with E-state index in [4.69, 9.17) is 0 Å². The van der Waals surface area contributed by atoms with Crippen LogP contribution in [0.25, 0.3) is 11.1 Å². The minimum Gasteiger partial charge on any atom is -0.478 e. The topological polar surface area (TPSA) is 190 Å². The molecular formula is C44H38F12N2O9. The maximum atomic E-state index is 14.6. The van der Waals surface area contributed by atoms with Crippen molar-refractivity contribution in [3.05, 3.63) is 122 Å². The van der Waals surface area contributed by atoms with Gasteiger partial charge in [0, 0.05) is 34.0 Å². The van der Waals surface area contributed by atoms with Crippen LogP contribution in [0.2, 0.25) is 0 Å². The second-order valence-corrected chi connectivity index (χ2v) is 16.6. The Kier molecular flexibility index (Phi) is 14.0. The van der Waals surface area contributed by atoms with Gasteiger partial charge < -0.3 is 31.1 Å². The molecule has 0 aliphatic rings. The van der Waals surface area contributed by atoms with Gasteiger partial charge in [-0.1, -0.05) is 39.0 Å². The van der Waals surface area contributed by atoms with Gasteiger partial charge in [-0.15, -0.1) is 0 Å². The van der Waals surface area contributed by atoms with E-state index in [-0.39, 0.29) is 23.3 Å². The summed E-state index contributed by atoms with van der Waals surface area (Å²) in [7, 11) is 0. The first-order chi connectivity index (χ1) is 30.2. The van der Waals surface area contributed by atoms with E-state index < -0.39 is 144 Å². The molecule has 362 valence electrons. The molecule has 0 atom stereocenters. The van der Waals surface area contributed by atoms with Crippen LogP contribution in [0.1, 0.15) is 120 Å². The molecule has 0 saturated heterocycles. The third-order valence-electron chi connectivity index (χ3n) is 10.4. The summed E-state index contributed by atoms with van der Waals surface area (Å²) in [6.45, 7) is 8.53. The predicted molar refractivity (Wildman–Crippen MR) is 213 cm³/mol. The number of aryl methyl sites for hydroxylation is 2. The number of carboxylic acids is 2. The highest BCUT2D eigenvalue weighted by molar-refractivity contribution is 6.15. The number of hydrogen-bond acceptors (Lipinski definition) is 7. The van der Waals surface area contributed by atoms with Gasteiger partial charge in [-0.2, -0.15) is 52.7 Å². The minimum absolute atomic E-state index is 0.0872.